The average Bonchev–Trinajstić information content (AvgIpc) is 2.42. The monoisotopic (exact) mass is 246 g/mol. The van der Waals surface area contributed by atoms with Gasteiger partial charge >= 0.3 is 0 Å². The molecule has 1 aromatic carbocycles. The van der Waals surface area contributed by atoms with Gasteiger partial charge in [-0.15, -0.1) is 6.58 Å². The fraction of sp³-hybridized carbons (Fsp3) is 0.375. The van der Waals surface area contributed by atoms with E-state index in [-0.39, 0.29) is 6.10 Å². The molecule has 0 spiro atoms. The Morgan fingerprint density at radius 2 is 1.89 bits per heavy atom. The summed E-state index contributed by atoms with van der Waals surface area (Å²) in [6.07, 6.45) is 6.27. The van der Waals surface area contributed by atoms with Crippen molar-refractivity contribution in [1.82, 2.24) is 0 Å². The average molecular weight is 246 g/mol. The molecular weight excluding hydrogens is 224 g/mol. The molecule has 2 nitrogen and oxygen atoms in total. The molecular formula is C16H22O2. The topological polar surface area (TPSA) is 18.5 Å². The van der Waals surface area contributed by atoms with Crippen LogP contribution in [0.2, 0.25) is 0 Å². The number of ether oxygens (including phenoxy) is 2. The van der Waals surface area contributed by atoms with Crippen LogP contribution in [0.25, 0.3) is 0 Å². The maximum atomic E-state index is 5.78. The lowest BCUT2D eigenvalue weighted by Gasteiger charge is -2.13. The van der Waals surface area contributed by atoms with Crippen LogP contribution in [0.5, 0.6) is 0 Å². The van der Waals surface area contributed by atoms with E-state index >= 15 is 0 Å². The molecule has 0 N–H and O–H groups in total. The first-order valence-electron chi connectivity index (χ1n) is 6.37. The van der Waals surface area contributed by atoms with Crippen LogP contribution in [0.4, 0.5) is 0 Å². The summed E-state index contributed by atoms with van der Waals surface area (Å²) in [7, 11) is 0. The van der Waals surface area contributed by atoms with E-state index in [1.165, 1.54) is 11.8 Å². The third-order valence-electron chi connectivity index (χ3n) is 2.70. The van der Waals surface area contributed by atoms with Gasteiger partial charge < -0.3 is 9.47 Å². The highest BCUT2D eigenvalue weighted by atomic mass is 16.5. The third kappa shape index (κ3) is 6.26. The first kappa shape index (κ1) is 14.5. The summed E-state index contributed by atoms with van der Waals surface area (Å²) in [6, 6.07) is 10.4. The van der Waals surface area contributed by atoms with Crippen molar-refractivity contribution in [2.45, 2.75) is 25.4 Å². The van der Waals surface area contributed by atoms with E-state index in [9.17, 15) is 0 Å². The Kier molecular flexibility index (Phi) is 7.65. The van der Waals surface area contributed by atoms with Gasteiger partial charge in [-0.1, -0.05) is 43.0 Å². The molecule has 18 heavy (non-hydrogen) atoms. The van der Waals surface area contributed by atoms with Crippen LogP contribution in [-0.4, -0.2) is 19.3 Å². The van der Waals surface area contributed by atoms with Crippen molar-refractivity contribution >= 4 is 0 Å². The lowest BCUT2D eigenvalue weighted by molar-refractivity contribution is 0.0757. The molecule has 0 aliphatic carbocycles. The Morgan fingerprint density at radius 1 is 1.11 bits per heavy atom. The zero-order valence-corrected chi connectivity index (χ0v) is 10.9. The molecule has 0 aliphatic heterocycles. The number of benzene rings is 1. The SMILES string of the molecule is C=COCCCC(C=C)OCCc1ccccc1. The molecule has 0 aliphatic rings. The molecule has 0 heterocycles. The van der Waals surface area contributed by atoms with E-state index < -0.39 is 0 Å². The molecule has 1 atom stereocenters. The maximum Gasteiger partial charge on any atom is 0.0874 e. The Labute approximate surface area is 110 Å². The summed E-state index contributed by atoms with van der Waals surface area (Å²) in [4.78, 5) is 0. The quantitative estimate of drug-likeness (QED) is 0.356. The van der Waals surface area contributed by atoms with Gasteiger partial charge in [-0.2, -0.15) is 0 Å². The van der Waals surface area contributed by atoms with Crippen LogP contribution in [0.1, 0.15) is 18.4 Å². The van der Waals surface area contributed by atoms with Crippen molar-refractivity contribution < 1.29 is 9.47 Å². The Bertz CT molecular complexity index is 332. The van der Waals surface area contributed by atoms with Crippen molar-refractivity contribution in [2.24, 2.45) is 0 Å². The Balaban J connectivity index is 2.15. The van der Waals surface area contributed by atoms with Gasteiger partial charge in [0.25, 0.3) is 0 Å². The fourth-order valence-electron chi connectivity index (χ4n) is 1.69. The summed E-state index contributed by atoms with van der Waals surface area (Å²) in [5, 5.41) is 0. The van der Waals surface area contributed by atoms with Gasteiger partial charge in [0.15, 0.2) is 0 Å². The zero-order valence-electron chi connectivity index (χ0n) is 10.9. The van der Waals surface area contributed by atoms with E-state index in [4.69, 9.17) is 9.47 Å². The maximum absolute atomic E-state index is 5.78. The highest BCUT2D eigenvalue weighted by Gasteiger charge is 2.04. The van der Waals surface area contributed by atoms with Crippen LogP contribution in [-0.2, 0) is 15.9 Å². The van der Waals surface area contributed by atoms with Crippen LogP contribution in [0, 0.1) is 0 Å². The van der Waals surface area contributed by atoms with E-state index in [2.05, 4.69) is 25.3 Å². The summed E-state index contributed by atoms with van der Waals surface area (Å²) >= 11 is 0. The Morgan fingerprint density at radius 3 is 2.56 bits per heavy atom. The van der Waals surface area contributed by atoms with Crippen LogP contribution < -0.4 is 0 Å². The second kappa shape index (κ2) is 9.49. The minimum Gasteiger partial charge on any atom is -0.502 e. The van der Waals surface area contributed by atoms with Crippen molar-refractivity contribution in [1.29, 1.82) is 0 Å². The largest absolute Gasteiger partial charge is 0.502 e. The standard InChI is InChI=1S/C16H22O2/c1-3-16(11-8-13-17-4-2)18-14-12-15-9-6-5-7-10-15/h3-7,9-10,16H,1-2,8,11-14H2. The summed E-state index contributed by atoms with van der Waals surface area (Å²) in [5.41, 5.74) is 1.30. The molecule has 1 rings (SSSR count). The number of hydrogen-bond donors (Lipinski definition) is 0. The van der Waals surface area contributed by atoms with E-state index in [1.807, 2.05) is 24.3 Å². The summed E-state index contributed by atoms with van der Waals surface area (Å²) in [5.74, 6) is 0. The molecule has 0 saturated heterocycles. The van der Waals surface area contributed by atoms with Crippen molar-refractivity contribution in [2.75, 3.05) is 13.2 Å². The highest BCUT2D eigenvalue weighted by molar-refractivity contribution is 5.14. The Hall–Kier alpha value is -1.54. The smallest absolute Gasteiger partial charge is 0.0874 e. The van der Waals surface area contributed by atoms with Crippen molar-refractivity contribution in [3.8, 4) is 0 Å². The molecule has 0 radical (unpaired) electrons. The first-order chi connectivity index (χ1) is 8.86. The lowest BCUT2D eigenvalue weighted by atomic mass is 10.1. The lowest BCUT2D eigenvalue weighted by Crippen LogP contribution is -2.12. The van der Waals surface area contributed by atoms with Crippen molar-refractivity contribution in [3.63, 3.8) is 0 Å². The minimum atomic E-state index is 0.113. The van der Waals surface area contributed by atoms with E-state index in [1.54, 1.807) is 0 Å². The highest BCUT2D eigenvalue weighted by Crippen LogP contribution is 2.06. The fourth-order valence-corrected chi connectivity index (χ4v) is 1.69. The predicted octanol–water partition coefficient (Wildman–Crippen LogP) is 3.74. The molecule has 0 aromatic heterocycles. The second-order valence-electron chi connectivity index (χ2n) is 4.06. The minimum absolute atomic E-state index is 0.113. The van der Waals surface area contributed by atoms with Gasteiger partial charge in [0.1, 0.15) is 0 Å². The third-order valence-corrected chi connectivity index (χ3v) is 2.70. The molecule has 0 fully saturated rings. The summed E-state index contributed by atoms with van der Waals surface area (Å²) < 4.78 is 10.9. The van der Waals surface area contributed by atoms with Gasteiger partial charge in [-0.05, 0) is 24.8 Å². The van der Waals surface area contributed by atoms with Crippen LogP contribution in [0.15, 0.2) is 55.8 Å². The van der Waals surface area contributed by atoms with Gasteiger partial charge in [-0.3, -0.25) is 0 Å². The molecule has 1 unspecified atom stereocenters. The second-order valence-corrected chi connectivity index (χ2v) is 4.06. The molecule has 0 bridgehead atoms. The molecule has 98 valence electrons. The van der Waals surface area contributed by atoms with E-state index in [0.717, 1.165) is 25.9 Å². The molecule has 0 amide bonds. The van der Waals surface area contributed by atoms with Crippen LogP contribution >= 0.6 is 0 Å². The molecule has 0 saturated carbocycles. The van der Waals surface area contributed by atoms with E-state index in [0.29, 0.717) is 6.61 Å². The van der Waals surface area contributed by atoms with Crippen LogP contribution in [0.3, 0.4) is 0 Å². The molecule has 1 aromatic rings. The van der Waals surface area contributed by atoms with Gasteiger partial charge in [-0.25, -0.2) is 0 Å². The first-order valence-corrected chi connectivity index (χ1v) is 6.37. The van der Waals surface area contributed by atoms with Crippen molar-refractivity contribution in [3.05, 3.63) is 61.4 Å². The predicted molar refractivity (Wildman–Crippen MR) is 75.5 cm³/mol. The number of rotatable bonds is 10. The number of hydrogen-bond acceptors (Lipinski definition) is 2. The zero-order chi connectivity index (χ0) is 13.1. The molecule has 2 heteroatoms. The summed E-state index contributed by atoms with van der Waals surface area (Å²) in [6.45, 7) is 8.72. The van der Waals surface area contributed by atoms with Gasteiger partial charge in [0.2, 0.25) is 0 Å². The van der Waals surface area contributed by atoms with Gasteiger partial charge in [0, 0.05) is 0 Å². The van der Waals surface area contributed by atoms with Gasteiger partial charge in [0.05, 0.1) is 25.6 Å². The normalized spacial score (nSPS) is 11.8.